The molecule has 0 unspecified atom stereocenters. The van der Waals surface area contributed by atoms with Crippen LogP contribution in [0, 0.1) is 0 Å². The first-order valence-electron chi connectivity index (χ1n) is 6.81. The van der Waals surface area contributed by atoms with Gasteiger partial charge in [0, 0.05) is 11.4 Å². The van der Waals surface area contributed by atoms with Crippen molar-refractivity contribution in [2.75, 3.05) is 14.2 Å². The standard InChI is InChI=1S/C15H20ClNO3/c1-19-12-4-3-5-13(20-2)14(12)15(18)17-11-8-6-10(16)7-9-11/h3-5,10-11H,6-9H2,1-2H3,(H,17,18). The van der Waals surface area contributed by atoms with Gasteiger partial charge in [-0.2, -0.15) is 0 Å². The summed E-state index contributed by atoms with van der Waals surface area (Å²) in [6, 6.07) is 5.49. The van der Waals surface area contributed by atoms with E-state index in [4.69, 9.17) is 21.1 Å². The predicted octanol–water partition coefficient (Wildman–Crippen LogP) is 2.98. The van der Waals surface area contributed by atoms with Gasteiger partial charge in [0.2, 0.25) is 0 Å². The predicted molar refractivity (Wildman–Crippen MR) is 78.9 cm³/mol. The van der Waals surface area contributed by atoms with E-state index in [-0.39, 0.29) is 17.3 Å². The number of carbonyl (C=O) groups is 1. The van der Waals surface area contributed by atoms with Gasteiger partial charge in [-0.05, 0) is 37.8 Å². The number of nitrogens with one attached hydrogen (secondary N) is 1. The Balaban J connectivity index is 2.12. The minimum absolute atomic E-state index is 0.155. The van der Waals surface area contributed by atoms with Gasteiger partial charge in [0.05, 0.1) is 14.2 Å². The molecule has 0 bridgehead atoms. The van der Waals surface area contributed by atoms with Gasteiger partial charge in [0.1, 0.15) is 17.1 Å². The zero-order valence-corrected chi connectivity index (χ0v) is 12.6. The van der Waals surface area contributed by atoms with Crippen molar-refractivity contribution in [2.45, 2.75) is 37.1 Å². The van der Waals surface area contributed by atoms with Gasteiger partial charge in [-0.15, -0.1) is 11.6 Å². The number of halogens is 1. The maximum Gasteiger partial charge on any atom is 0.259 e. The highest BCUT2D eigenvalue weighted by Crippen LogP contribution is 2.29. The normalized spacial score (nSPS) is 22.1. The van der Waals surface area contributed by atoms with Crippen molar-refractivity contribution < 1.29 is 14.3 Å². The molecular weight excluding hydrogens is 278 g/mol. The Kier molecular flexibility index (Phi) is 5.12. The zero-order valence-electron chi connectivity index (χ0n) is 11.8. The molecule has 1 aromatic rings. The van der Waals surface area contributed by atoms with Gasteiger partial charge in [-0.25, -0.2) is 0 Å². The van der Waals surface area contributed by atoms with E-state index < -0.39 is 0 Å². The van der Waals surface area contributed by atoms with E-state index in [9.17, 15) is 4.79 Å². The molecule has 0 spiro atoms. The molecule has 0 aromatic heterocycles. The summed E-state index contributed by atoms with van der Waals surface area (Å²) in [4.78, 5) is 12.4. The summed E-state index contributed by atoms with van der Waals surface area (Å²) in [7, 11) is 3.09. The zero-order chi connectivity index (χ0) is 14.5. The number of methoxy groups -OCH3 is 2. The van der Waals surface area contributed by atoms with Crippen LogP contribution in [0.15, 0.2) is 18.2 Å². The van der Waals surface area contributed by atoms with Gasteiger partial charge < -0.3 is 14.8 Å². The minimum Gasteiger partial charge on any atom is -0.496 e. The minimum atomic E-state index is -0.155. The van der Waals surface area contributed by atoms with Crippen molar-refractivity contribution in [3.05, 3.63) is 23.8 Å². The molecule has 1 N–H and O–H groups in total. The van der Waals surface area contributed by atoms with Gasteiger partial charge >= 0.3 is 0 Å². The Hall–Kier alpha value is -1.42. The summed E-state index contributed by atoms with van der Waals surface area (Å²) in [5, 5.41) is 3.29. The molecule has 2 rings (SSSR count). The summed E-state index contributed by atoms with van der Waals surface area (Å²) in [6.07, 6.45) is 3.71. The number of ether oxygens (including phenoxy) is 2. The number of rotatable bonds is 4. The van der Waals surface area contributed by atoms with E-state index in [1.807, 2.05) is 0 Å². The number of hydrogen-bond acceptors (Lipinski definition) is 3. The summed E-state index contributed by atoms with van der Waals surface area (Å²) >= 11 is 6.08. The first-order chi connectivity index (χ1) is 9.65. The molecule has 0 radical (unpaired) electrons. The van der Waals surface area contributed by atoms with E-state index in [1.54, 1.807) is 32.4 Å². The van der Waals surface area contributed by atoms with Crippen molar-refractivity contribution >= 4 is 17.5 Å². The van der Waals surface area contributed by atoms with Crippen LogP contribution in [0.1, 0.15) is 36.0 Å². The number of alkyl halides is 1. The highest BCUT2D eigenvalue weighted by molar-refractivity contribution is 6.20. The van der Waals surface area contributed by atoms with Gasteiger partial charge in [-0.3, -0.25) is 4.79 Å². The molecule has 1 fully saturated rings. The molecule has 5 heteroatoms. The van der Waals surface area contributed by atoms with E-state index in [1.165, 1.54) is 0 Å². The van der Waals surface area contributed by atoms with Crippen molar-refractivity contribution in [3.63, 3.8) is 0 Å². The fourth-order valence-corrected chi connectivity index (χ4v) is 2.78. The molecular formula is C15H20ClNO3. The second-order valence-electron chi connectivity index (χ2n) is 4.96. The van der Waals surface area contributed by atoms with Crippen molar-refractivity contribution in [3.8, 4) is 11.5 Å². The summed E-state index contributed by atoms with van der Waals surface area (Å²) in [5.41, 5.74) is 0.450. The molecule has 0 heterocycles. The summed E-state index contributed by atoms with van der Waals surface area (Å²) in [5.74, 6) is 0.887. The third kappa shape index (κ3) is 3.37. The Labute approximate surface area is 124 Å². The van der Waals surface area contributed by atoms with Crippen LogP contribution >= 0.6 is 11.6 Å². The first-order valence-corrected chi connectivity index (χ1v) is 7.25. The number of hydrogen-bond donors (Lipinski definition) is 1. The highest BCUT2D eigenvalue weighted by atomic mass is 35.5. The van der Waals surface area contributed by atoms with Crippen molar-refractivity contribution in [2.24, 2.45) is 0 Å². The quantitative estimate of drug-likeness (QED) is 0.869. The topological polar surface area (TPSA) is 47.6 Å². The smallest absolute Gasteiger partial charge is 0.259 e. The molecule has 4 nitrogen and oxygen atoms in total. The fraction of sp³-hybridized carbons (Fsp3) is 0.533. The first kappa shape index (κ1) is 15.0. The van der Waals surface area contributed by atoms with Gasteiger partial charge in [0.15, 0.2) is 0 Å². The second-order valence-corrected chi connectivity index (χ2v) is 5.58. The fourth-order valence-electron chi connectivity index (χ4n) is 2.53. The lowest BCUT2D eigenvalue weighted by Gasteiger charge is -2.26. The molecule has 0 atom stereocenters. The number of amides is 1. The van der Waals surface area contributed by atoms with Crippen LogP contribution in [-0.4, -0.2) is 31.5 Å². The molecule has 1 saturated carbocycles. The van der Waals surface area contributed by atoms with Crippen molar-refractivity contribution in [1.29, 1.82) is 0 Å². The monoisotopic (exact) mass is 297 g/mol. The van der Waals surface area contributed by atoms with E-state index in [2.05, 4.69) is 5.32 Å². The van der Waals surface area contributed by atoms with Crippen LogP contribution in [0.2, 0.25) is 0 Å². The Bertz CT molecular complexity index is 448. The lowest BCUT2D eigenvalue weighted by molar-refractivity contribution is 0.0921. The van der Waals surface area contributed by atoms with Crippen LogP contribution in [-0.2, 0) is 0 Å². The lowest BCUT2D eigenvalue weighted by atomic mass is 9.94. The summed E-state index contributed by atoms with van der Waals surface area (Å²) < 4.78 is 10.5. The summed E-state index contributed by atoms with van der Waals surface area (Å²) in [6.45, 7) is 0. The molecule has 0 aliphatic heterocycles. The average Bonchev–Trinajstić information content (AvgIpc) is 2.48. The molecule has 0 saturated heterocycles. The Morgan fingerprint density at radius 3 is 2.20 bits per heavy atom. The molecule has 110 valence electrons. The number of carbonyl (C=O) groups excluding carboxylic acids is 1. The van der Waals surface area contributed by atoms with Gasteiger partial charge in [0.25, 0.3) is 5.91 Å². The van der Waals surface area contributed by atoms with E-state index in [0.29, 0.717) is 17.1 Å². The average molecular weight is 298 g/mol. The molecule has 1 amide bonds. The third-order valence-corrected chi connectivity index (χ3v) is 4.08. The van der Waals surface area contributed by atoms with Crippen LogP contribution in [0.5, 0.6) is 11.5 Å². The van der Waals surface area contributed by atoms with Crippen LogP contribution in [0.4, 0.5) is 0 Å². The van der Waals surface area contributed by atoms with Crippen LogP contribution in [0.25, 0.3) is 0 Å². The maximum atomic E-state index is 12.4. The Morgan fingerprint density at radius 1 is 1.15 bits per heavy atom. The number of benzene rings is 1. The van der Waals surface area contributed by atoms with E-state index in [0.717, 1.165) is 25.7 Å². The van der Waals surface area contributed by atoms with Gasteiger partial charge in [-0.1, -0.05) is 6.07 Å². The molecule has 20 heavy (non-hydrogen) atoms. The largest absolute Gasteiger partial charge is 0.496 e. The van der Waals surface area contributed by atoms with Crippen LogP contribution < -0.4 is 14.8 Å². The molecule has 1 aromatic carbocycles. The maximum absolute atomic E-state index is 12.4. The van der Waals surface area contributed by atoms with Crippen LogP contribution in [0.3, 0.4) is 0 Å². The van der Waals surface area contributed by atoms with Crippen molar-refractivity contribution in [1.82, 2.24) is 5.32 Å². The molecule has 1 aliphatic rings. The van der Waals surface area contributed by atoms with E-state index >= 15 is 0 Å². The Morgan fingerprint density at radius 2 is 1.70 bits per heavy atom. The second kappa shape index (κ2) is 6.84. The highest BCUT2D eigenvalue weighted by Gasteiger charge is 2.24. The molecule has 1 aliphatic carbocycles. The lowest BCUT2D eigenvalue weighted by Crippen LogP contribution is -2.38. The third-order valence-electron chi connectivity index (χ3n) is 3.65. The SMILES string of the molecule is COc1cccc(OC)c1C(=O)NC1CCC(Cl)CC1.